The second-order valence-corrected chi connectivity index (χ2v) is 4.53. The zero-order chi connectivity index (χ0) is 11.0. The van der Waals surface area contributed by atoms with Crippen LogP contribution < -0.4 is 5.32 Å². The highest BCUT2D eigenvalue weighted by Crippen LogP contribution is 2.14. The van der Waals surface area contributed by atoms with Gasteiger partial charge in [0, 0.05) is 11.3 Å². The lowest BCUT2D eigenvalue weighted by molar-refractivity contribution is -0.139. The Balaban J connectivity index is 3.61. The molecule has 14 heavy (non-hydrogen) atoms. The number of hydrogen-bond donors (Lipinski definition) is 1. The van der Waals surface area contributed by atoms with Gasteiger partial charge in [-0.1, -0.05) is 13.8 Å². The fourth-order valence-corrected chi connectivity index (χ4v) is 1.90. The Morgan fingerprint density at radius 2 is 2.07 bits per heavy atom. The first-order valence-corrected chi connectivity index (χ1v) is 6.17. The molecule has 2 unspecified atom stereocenters. The summed E-state index contributed by atoms with van der Waals surface area (Å²) in [6.45, 7) is 9.60. The van der Waals surface area contributed by atoms with E-state index < -0.39 is 0 Å². The van der Waals surface area contributed by atoms with Gasteiger partial charge in [-0.05, 0) is 20.4 Å². The molecule has 0 amide bonds. The maximum absolute atomic E-state index is 11.1. The summed E-state index contributed by atoms with van der Waals surface area (Å²) >= 11 is 1.64. The van der Waals surface area contributed by atoms with Crippen molar-refractivity contribution in [1.82, 2.24) is 5.32 Å². The summed E-state index contributed by atoms with van der Waals surface area (Å²) < 4.78 is 4.85. The first-order valence-electron chi connectivity index (χ1n) is 5.12. The minimum absolute atomic E-state index is 0.118. The summed E-state index contributed by atoms with van der Waals surface area (Å²) in [7, 11) is 0. The van der Waals surface area contributed by atoms with Crippen molar-refractivity contribution < 1.29 is 9.53 Å². The van der Waals surface area contributed by atoms with E-state index >= 15 is 0 Å². The van der Waals surface area contributed by atoms with Crippen molar-refractivity contribution in [3.8, 4) is 0 Å². The first-order chi connectivity index (χ1) is 6.61. The standard InChI is InChI=1S/C10H21NO2S/c1-5-11-8(3)9(4)14-7-10(12)13-6-2/h8-9,11H,5-7H2,1-4H3. The minimum atomic E-state index is -0.118. The molecule has 0 fully saturated rings. The van der Waals surface area contributed by atoms with Crippen molar-refractivity contribution >= 4 is 17.7 Å². The molecule has 0 aromatic heterocycles. The number of thioether (sulfide) groups is 1. The summed E-state index contributed by atoms with van der Waals surface area (Å²) in [6, 6.07) is 0.430. The molecule has 0 bridgehead atoms. The highest BCUT2D eigenvalue weighted by Gasteiger charge is 2.13. The molecular weight excluding hydrogens is 198 g/mol. The SMILES string of the molecule is CCNC(C)C(C)SCC(=O)OCC. The van der Waals surface area contributed by atoms with Crippen molar-refractivity contribution in [2.24, 2.45) is 0 Å². The normalized spacial score (nSPS) is 14.9. The summed E-state index contributed by atoms with van der Waals surface area (Å²) in [5.41, 5.74) is 0. The van der Waals surface area contributed by atoms with Crippen molar-refractivity contribution in [2.75, 3.05) is 18.9 Å². The zero-order valence-electron chi connectivity index (χ0n) is 9.50. The van der Waals surface area contributed by atoms with Gasteiger partial charge in [-0.2, -0.15) is 0 Å². The van der Waals surface area contributed by atoms with Gasteiger partial charge in [0.1, 0.15) is 0 Å². The number of rotatable bonds is 7. The average Bonchev–Trinajstić information content (AvgIpc) is 2.15. The van der Waals surface area contributed by atoms with E-state index in [1.165, 1.54) is 0 Å². The van der Waals surface area contributed by atoms with Crippen LogP contribution in [0, 0.1) is 0 Å². The zero-order valence-corrected chi connectivity index (χ0v) is 10.3. The average molecular weight is 219 g/mol. The molecule has 0 saturated carbocycles. The van der Waals surface area contributed by atoms with E-state index in [1.54, 1.807) is 11.8 Å². The Hall–Kier alpha value is -0.220. The highest BCUT2D eigenvalue weighted by atomic mass is 32.2. The number of ether oxygens (including phenoxy) is 1. The van der Waals surface area contributed by atoms with Gasteiger partial charge in [0.05, 0.1) is 12.4 Å². The van der Waals surface area contributed by atoms with Gasteiger partial charge >= 0.3 is 5.97 Å². The molecule has 0 aliphatic carbocycles. The third-order valence-electron chi connectivity index (χ3n) is 2.00. The van der Waals surface area contributed by atoms with E-state index in [0.29, 0.717) is 23.7 Å². The molecular formula is C10H21NO2S. The lowest BCUT2D eigenvalue weighted by atomic mass is 10.2. The van der Waals surface area contributed by atoms with Crippen LogP contribution >= 0.6 is 11.8 Å². The van der Waals surface area contributed by atoms with Crippen LogP contribution in [-0.2, 0) is 9.53 Å². The number of carbonyl (C=O) groups is 1. The molecule has 0 aliphatic heterocycles. The second kappa shape index (κ2) is 8.12. The summed E-state index contributed by atoms with van der Waals surface area (Å²) in [4.78, 5) is 11.1. The molecule has 2 atom stereocenters. The minimum Gasteiger partial charge on any atom is -0.465 e. The predicted molar refractivity (Wildman–Crippen MR) is 61.7 cm³/mol. The fraction of sp³-hybridized carbons (Fsp3) is 0.900. The van der Waals surface area contributed by atoms with E-state index in [0.717, 1.165) is 6.54 Å². The highest BCUT2D eigenvalue weighted by molar-refractivity contribution is 8.00. The molecule has 0 heterocycles. The first kappa shape index (κ1) is 13.8. The van der Waals surface area contributed by atoms with E-state index in [4.69, 9.17) is 4.74 Å². The van der Waals surface area contributed by atoms with Crippen LogP contribution in [0.2, 0.25) is 0 Å². The van der Waals surface area contributed by atoms with Crippen LogP contribution in [0.25, 0.3) is 0 Å². The van der Waals surface area contributed by atoms with Gasteiger partial charge in [-0.15, -0.1) is 11.8 Å². The third-order valence-corrected chi connectivity index (χ3v) is 3.34. The molecule has 84 valence electrons. The Morgan fingerprint density at radius 3 is 2.57 bits per heavy atom. The summed E-state index contributed by atoms with van der Waals surface area (Å²) in [5, 5.41) is 3.76. The maximum atomic E-state index is 11.1. The predicted octanol–water partition coefficient (Wildman–Crippen LogP) is 1.67. The molecule has 3 nitrogen and oxygen atoms in total. The van der Waals surface area contributed by atoms with Crippen molar-refractivity contribution in [3.63, 3.8) is 0 Å². The number of hydrogen-bond acceptors (Lipinski definition) is 4. The lowest BCUT2D eigenvalue weighted by Gasteiger charge is -2.19. The van der Waals surface area contributed by atoms with Crippen LogP contribution in [0.5, 0.6) is 0 Å². The van der Waals surface area contributed by atoms with E-state index in [1.807, 2.05) is 6.92 Å². The molecule has 0 aromatic carbocycles. The van der Waals surface area contributed by atoms with Gasteiger partial charge in [-0.25, -0.2) is 0 Å². The third kappa shape index (κ3) is 6.27. The summed E-state index contributed by atoms with van der Waals surface area (Å²) in [5.74, 6) is 0.332. The molecule has 0 spiro atoms. The summed E-state index contributed by atoms with van der Waals surface area (Å²) in [6.07, 6.45) is 0. The monoisotopic (exact) mass is 219 g/mol. The molecule has 0 saturated heterocycles. The van der Waals surface area contributed by atoms with Crippen LogP contribution in [0.1, 0.15) is 27.7 Å². The smallest absolute Gasteiger partial charge is 0.315 e. The van der Waals surface area contributed by atoms with E-state index in [9.17, 15) is 4.79 Å². The van der Waals surface area contributed by atoms with Crippen molar-refractivity contribution in [3.05, 3.63) is 0 Å². The van der Waals surface area contributed by atoms with Crippen LogP contribution in [0.15, 0.2) is 0 Å². The van der Waals surface area contributed by atoms with Gasteiger partial charge in [0.25, 0.3) is 0 Å². The van der Waals surface area contributed by atoms with Crippen LogP contribution in [-0.4, -0.2) is 36.2 Å². The van der Waals surface area contributed by atoms with E-state index in [-0.39, 0.29) is 5.97 Å². The molecule has 0 aromatic rings. The van der Waals surface area contributed by atoms with Crippen molar-refractivity contribution in [1.29, 1.82) is 0 Å². The van der Waals surface area contributed by atoms with Gasteiger partial charge in [0.15, 0.2) is 0 Å². The maximum Gasteiger partial charge on any atom is 0.315 e. The quantitative estimate of drug-likeness (QED) is 0.661. The molecule has 0 radical (unpaired) electrons. The molecule has 0 rings (SSSR count). The fourth-order valence-electron chi connectivity index (χ4n) is 1.03. The Labute approximate surface area is 91.0 Å². The second-order valence-electron chi connectivity index (χ2n) is 3.17. The largest absolute Gasteiger partial charge is 0.465 e. The van der Waals surface area contributed by atoms with Gasteiger partial charge in [0.2, 0.25) is 0 Å². The number of esters is 1. The van der Waals surface area contributed by atoms with Gasteiger partial charge < -0.3 is 10.1 Å². The molecule has 4 heteroatoms. The number of nitrogens with one attached hydrogen (secondary N) is 1. The Morgan fingerprint density at radius 1 is 1.43 bits per heavy atom. The Kier molecular flexibility index (Phi) is 7.99. The van der Waals surface area contributed by atoms with Crippen LogP contribution in [0.4, 0.5) is 0 Å². The van der Waals surface area contributed by atoms with Gasteiger partial charge in [-0.3, -0.25) is 4.79 Å². The van der Waals surface area contributed by atoms with Crippen LogP contribution in [0.3, 0.4) is 0 Å². The molecule has 1 N–H and O–H groups in total. The molecule has 0 aliphatic rings. The Bertz CT molecular complexity index is 164. The number of carbonyl (C=O) groups excluding carboxylic acids is 1. The van der Waals surface area contributed by atoms with E-state index in [2.05, 4.69) is 26.1 Å². The lowest BCUT2D eigenvalue weighted by Crippen LogP contribution is -2.34. The topological polar surface area (TPSA) is 38.3 Å². The van der Waals surface area contributed by atoms with Crippen molar-refractivity contribution in [2.45, 2.75) is 39.0 Å².